The van der Waals surface area contributed by atoms with Crippen molar-refractivity contribution in [3.8, 4) is 0 Å². The van der Waals surface area contributed by atoms with Crippen LogP contribution in [-0.2, 0) is 11.1 Å². The van der Waals surface area contributed by atoms with Gasteiger partial charge in [0.2, 0.25) is 0 Å². The summed E-state index contributed by atoms with van der Waals surface area (Å²) in [6.07, 6.45) is -0.216. The Hall–Kier alpha value is -1.33. The molecule has 0 aliphatic heterocycles. The highest BCUT2D eigenvalue weighted by Crippen LogP contribution is 2.32. The number of hydrogen-bond acceptors (Lipinski definition) is 3. The van der Waals surface area contributed by atoms with Gasteiger partial charge in [-0.2, -0.15) is 0 Å². The Kier molecular flexibility index (Phi) is 2.52. The Morgan fingerprint density at radius 3 is 2.38 bits per heavy atom. The molecule has 0 heterocycles. The first-order valence-corrected chi connectivity index (χ1v) is 5.85. The molecule has 0 radical (unpaired) electrons. The molecule has 0 saturated heterocycles. The van der Waals surface area contributed by atoms with Gasteiger partial charge in [-0.15, -0.1) is 0 Å². The van der Waals surface area contributed by atoms with E-state index < -0.39 is 21.6 Å². The summed E-state index contributed by atoms with van der Waals surface area (Å²) in [5.41, 5.74) is 0.582. The predicted molar refractivity (Wildman–Crippen MR) is 58.9 cm³/mol. The number of rotatable bonds is 1. The summed E-state index contributed by atoms with van der Waals surface area (Å²) in [6.45, 7) is 1.35. The van der Waals surface area contributed by atoms with E-state index in [9.17, 15) is 13.8 Å². The SMILES string of the molecule is CC1(S(=O)O)CC(=O)c2ccccc2C1=O. The third-order valence-corrected chi connectivity index (χ3v) is 3.94. The summed E-state index contributed by atoms with van der Waals surface area (Å²) in [5, 5.41) is 0. The largest absolute Gasteiger partial charge is 0.305 e. The molecule has 16 heavy (non-hydrogen) atoms. The van der Waals surface area contributed by atoms with Crippen LogP contribution in [0.2, 0.25) is 0 Å². The van der Waals surface area contributed by atoms with Crippen molar-refractivity contribution in [1.29, 1.82) is 0 Å². The first-order chi connectivity index (χ1) is 7.47. The van der Waals surface area contributed by atoms with E-state index in [1.807, 2.05) is 0 Å². The second-order valence-corrected chi connectivity index (χ2v) is 5.35. The van der Waals surface area contributed by atoms with Crippen molar-refractivity contribution in [3.63, 3.8) is 0 Å². The summed E-state index contributed by atoms with van der Waals surface area (Å²) in [5.74, 6) is -0.705. The Bertz CT molecular complexity index is 508. The molecule has 1 aliphatic rings. The van der Waals surface area contributed by atoms with Crippen LogP contribution >= 0.6 is 0 Å². The zero-order valence-corrected chi connectivity index (χ0v) is 9.41. The van der Waals surface area contributed by atoms with Crippen LogP contribution in [0.4, 0.5) is 0 Å². The van der Waals surface area contributed by atoms with E-state index in [1.165, 1.54) is 13.0 Å². The molecule has 1 aromatic carbocycles. The fraction of sp³-hybridized carbons (Fsp3) is 0.273. The van der Waals surface area contributed by atoms with Gasteiger partial charge in [-0.1, -0.05) is 24.3 Å². The molecular weight excluding hydrogens is 228 g/mol. The molecule has 2 rings (SSSR count). The minimum atomic E-state index is -2.35. The molecule has 2 atom stereocenters. The number of hydrogen-bond donors (Lipinski definition) is 1. The Balaban J connectivity index is 2.63. The van der Waals surface area contributed by atoms with E-state index in [0.29, 0.717) is 5.56 Å². The molecule has 1 N–H and O–H groups in total. The van der Waals surface area contributed by atoms with Crippen LogP contribution in [0.5, 0.6) is 0 Å². The van der Waals surface area contributed by atoms with Crippen LogP contribution < -0.4 is 0 Å². The van der Waals surface area contributed by atoms with E-state index in [-0.39, 0.29) is 17.8 Å². The Morgan fingerprint density at radius 1 is 1.25 bits per heavy atom. The lowest BCUT2D eigenvalue weighted by Gasteiger charge is -2.28. The summed E-state index contributed by atoms with van der Waals surface area (Å²) < 4.78 is 18.8. The topological polar surface area (TPSA) is 71.4 Å². The normalized spacial score (nSPS) is 26.4. The van der Waals surface area contributed by atoms with Crippen molar-refractivity contribution in [2.75, 3.05) is 0 Å². The van der Waals surface area contributed by atoms with Crippen LogP contribution in [0.1, 0.15) is 34.1 Å². The maximum Gasteiger partial charge on any atom is 0.184 e. The number of Topliss-reactive ketones (excluding diaryl/α,β-unsaturated/α-hetero) is 2. The maximum atomic E-state index is 12.0. The summed E-state index contributed by atoms with van der Waals surface area (Å²) >= 11 is -2.35. The molecule has 1 aromatic rings. The molecule has 0 fully saturated rings. The van der Waals surface area contributed by atoms with E-state index in [1.54, 1.807) is 18.2 Å². The molecule has 0 bridgehead atoms. The number of ketones is 2. The first kappa shape index (κ1) is 11.2. The van der Waals surface area contributed by atoms with Gasteiger partial charge in [0, 0.05) is 17.5 Å². The van der Waals surface area contributed by atoms with Gasteiger partial charge in [0.25, 0.3) is 0 Å². The molecule has 0 spiro atoms. The lowest BCUT2D eigenvalue weighted by molar-refractivity contribution is 0.0850. The molecule has 2 unspecified atom stereocenters. The van der Waals surface area contributed by atoms with E-state index in [2.05, 4.69) is 0 Å². The standard InChI is InChI=1S/C11H10O4S/c1-11(16(14)15)6-9(12)7-4-2-3-5-8(7)10(11)13/h2-5H,6H2,1H3,(H,14,15). The van der Waals surface area contributed by atoms with Crippen LogP contribution in [0.3, 0.4) is 0 Å². The first-order valence-electron chi connectivity index (χ1n) is 4.75. The Labute approximate surface area is 95.0 Å². The minimum Gasteiger partial charge on any atom is -0.305 e. The number of carbonyl (C=O) groups excluding carboxylic acids is 2. The predicted octanol–water partition coefficient (Wildman–Crippen LogP) is 1.44. The van der Waals surface area contributed by atoms with Crippen molar-refractivity contribution in [2.45, 2.75) is 18.1 Å². The zero-order valence-electron chi connectivity index (χ0n) is 8.60. The Morgan fingerprint density at radius 2 is 1.81 bits per heavy atom. The van der Waals surface area contributed by atoms with Crippen molar-refractivity contribution >= 4 is 22.6 Å². The molecule has 1 aliphatic carbocycles. The molecule has 84 valence electrons. The van der Waals surface area contributed by atoms with Crippen LogP contribution in [0.25, 0.3) is 0 Å². The van der Waals surface area contributed by atoms with E-state index in [4.69, 9.17) is 4.55 Å². The number of fused-ring (bicyclic) bond motifs is 1. The third kappa shape index (κ3) is 1.44. The molecule has 0 aromatic heterocycles. The van der Waals surface area contributed by atoms with E-state index in [0.717, 1.165) is 0 Å². The van der Waals surface area contributed by atoms with Crippen LogP contribution in [0.15, 0.2) is 24.3 Å². The van der Waals surface area contributed by atoms with Gasteiger partial charge in [-0.25, -0.2) is 4.21 Å². The fourth-order valence-corrected chi connectivity index (χ4v) is 2.36. The average Bonchev–Trinajstić information content (AvgIpc) is 2.26. The van der Waals surface area contributed by atoms with Gasteiger partial charge < -0.3 is 4.55 Å². The van der Waals surface area contributed by atoms with Crippen molar-refractivity contribution < 1.29 is 18.4 Å². The summed E-state index contributed by atoms with van der Waals surface area (Å²) in [4.78, 5) is 23.8. The molecule has 5 heteroatoms. The van der Waals surface area contributed by atoms with Crippen molar-refractivity contribution in [3.05, 3.63) is 35.4 Å². The summed E-state index contributed by atoms with van der Waals surface area (Å²) in [7, 11) is 0. The van der Waals surface area contributed by atoms with Crippen molar-refractivity contribution in [1.82, 2.24) is 0 Å². The second kappa shape index (κ2) is 3.61. The quantitative estimate of drug-likeness (QED) is 0.751. The lowest BCUT2D eigenvalue weighted by atomic mass is 9.82. The van der Waals surface area contributed by atoms with Gasteiger partial charge in [0.05, 0.1) is 0 Å². The lowest BCUT2D eigenvalue weighted by Crippen LogP contribution is -2.45. The van der Waals surface area contributed by atoms with Crippen LogP contribution in [0, 0.1) is 0 Å². The average molecular weight is 238 g/mol. The number of carbonyl (C=O) groups is 2. The highest BCUT2D eigenvalue weighted by molar-refractivity contribution is 7.81. The highest BCUT2D eigenvalue weighted by Gasteiger charge is 2.46. The molecule has 0 saturated carbocycles. The fourth-order valence-electron chi connectivity index (χ4n) is 1.83. The molecule has 4 nitrogen and oxygen atoms in total. The second-order valence-electron chi connectivity index (χ2n) is 3.95. The highest BCUT2D eigenvalue weighted by atomic mass is 32.2. The van der Waals surface area contributed by atoms with Gasteiger partial charge in [0.1, 0.15) is 4.75 Å². The van der Waals surface area contributed by atoms with Gasteiger partial charge >= 0.3 is 0 Å². The van der Waals surface area contributed by atoms with Gasteiger partial charge in [-0.3, -0.25) is 9.59 Å². The van der Waals surface area contributed by atoms with Crippen LogP contribution in [-0.4, -0.2) is 25.1 Å². The smallest absolute Gasteiger partial charge is 0.184 e. The monoisotopic (exact) mass is 238 g/mol. The third-order valence-electron chi connectivity index (χ3n) is 2.84. The van der Waals surface area contributed by atoms with Crippen molar-refractivity contribution in [2.24, 2.45) is 0 Å². The summed E-state index contributed by atoms with van der Waals surface area (Å²) in [6, 6.07) is 6.38. The maximum absolute atomic E-state index is 12.0. The molecule has 0 amide bonds. The van der Waals surface area contributed by atoms with Gasteiger partial charge in [-0.05, 0) is 6.92 Å². The minimum absolute atomic E-state index is 0.216. The number of benzene rings is 1. The van der Waals surface area contributed by atoms with E-state index >= 15 is 0 Å². The molecular formula is C11H10O4S. The van der Waals surface area contributed by atoms with Gasteiger partial charge in [0.15, 0.2) is 22.6 Å². The zero-order chi connectivity index (χ0) is 11.9.